The van der Waals surface area contributed by atoms with Crippen molar-refractivity contribution in [1.29, 1.82) is 0 Å². The molecule has 0 amide bonds. The van der Waals surface area contributed by atoms with E-state index in [0.29, 0.717) is 6.61 Å². The highest BCUT2D eigenvalue weighted by Gasteiger charge is 2.05. The van der Waals surface area contributed by atoms with Crippen LogP contribution >= 0.6 is 0 Å². The van der Waals surface area contributed by atoms with Gasteiger partial charge in [-0.2, -0.15) is 0 Å². The molecule has 0 saturated heterocycles. The number of rotatable bonds is 22. The minimum absolute atomic E-state index is 0.155. The van der Waals surface area contributed by atoms with E-state index in [4.69, 9.17) is 4.74 Å². The van der Waals surface area contributed by atoms with Crippen molar-refractivity contribution in [3.05, 3.63) is 0 Å². The molecule has 0 aromatic carbocycles. The molecular weight excluding hydrogens is 346 g/mol. The predicted octanol–water partition coefficient (Wildman–Crippen LogP) is 7.52. The minimum Gasteiger partial charge on any atom is -0.466 e. The second-order valence-electron chi connectivity index (χ2n) is 8.48. The fourth-order valence-corrected chi connectivity index (χ4v) is 3.78. The molecule has 3 nitrogen and oxygen atoms in total. The van der Waals surface area contributed by atoms with E-state index in [1.807, 2.05) is 0 Å². The molecule has 0 aromatic rings. The average Bonchev–Trinajstić information content (AvgIpc) is 2.68. The van der Waals surface area contributed by atoms with E-state index in [9.17, 15) is 4.79 Å². The van der Waals surface area contributed by atoms with Crippen molar-refractivity contribution in [2.45, 2.75) is 130 Å². The first-order valence-electron chi connectivity index (χ1n) is 12.6. The molecular formula is C25H51NO2. The van der Waals surface area contributed by atoms with Gasteiger partial charge in [-0.05, 0) is 32.4 Å². The van der Waals surface area contributed by atoms with Crippen molar-refractivity contribution in [3.8, 4) is 0 Å². The van der Waals surface area contributed by atoms with E-state index < -0.39 is 0 Å². The van der Waals surface area contributed by atoms with Gasteiger partial charge < -0.3 is 9.64 Å². The van der Waals surface area contributed by atoms with Gasteiger partial charge in [0, 0.05) is 13.5 Å². The van der Waals surface area contributed by atoms with Gasteiger partial charge in [-0.1, -0.05) is 104 Å². The molecule has 168 valence electrons. The Hall–Kier alpha value is -0.570. The number of nitrogens with zero attached hydrogens (tertiary/aromatic N) is 1. The summed E-state index contributed by atoms with van der Waals surface area (Å²) in [6, 6.07) is 0. The summed E-state index contributed by atoms with van der Waals surface area (Å²) in [5, 5.41) is 0. The van der Waals surface area contributed by atoms with Crippen molar-refractivity contribution in [2.75, 3.05) is 26.2 Å². The van der Waals surface area contributed by atoms with Crippen LogP contribution in [0.5, 0.6) is 0 Å². The van der Waals surface area contributed by atoms with Gasteiger partial charge in [0.2, 0.25) is 0 Å². The molecule has 0 bridgehead atoms. The van der Waals surface area contributed by atoms with Crippen LogP contribution < -0.4 is 0 Å². The van der Waals surface area contributed by atoms with Crippen molar-refractivity contribution in [2.24, 2.45) is 0 Å². The molecule has 3 heteroatoms. The predicted molar refractivity (Wildman–Crippen MR) is 123 cm³/mol. The molecule has 0 fully saturated rings. The van der Waals surface area contributed by atoms with Gasteiger partial charge in [-0.25, -0.2) is 0 Å². The molecule has 0 unspecified atom stereocenters. The first-order valence-corrected chi connectivity index (χ1v) is 12.6. The Morgan fingerprint density at radius 2 is 0.929 bits per heavy atom. The Morgan fingerprint density at radius 3 is 1.32 bits per heavy atom. The van der Waals surface area contributed by atoms with Crippen LogP contribution in [0, 0.1) is 0 Å². The lowest BCUT2D eigenvalue weighted by molar-refractivity contribution is -0.141. The third kappa shape index (κ3) is 21.7. The van der Waals surface area contributed by atoms with E-state index in [1.54, 1.807) is 0 Å². The second kappa shape index (κ2) is 22.7. The van der Waals surface area contributed by atoms with Crippen LogP contribution in [0.4, 0.5) is 0 Å². The van der Waals surface area contributed by atoms with E-state index in [0.717, 1.165) is 13.0 Å². The lowest BCUT2D eigenvalue weighted by atomic mass is 10.1. The highest BCUT2D eigenvalue weighted by atomic mass is 16.5. The molecule has 0 aromatic heterocycles. The fourth-order valence-electron chi connectivity index (χ4n) is 3.78. The first-order chi connectivity index (χ1) is 13.7. The summed E-state index contributed by atoms with van der Waals surface area (Å²) in [5.74, 6) is -0.155. The number of unbranched alkanes of at least 4 members (excludes halogenated alkanes) is 14. The summed E-state index contributed by atoms with van der Waals surface area (Å²) in [6.07, 6.45) is 23.1. The Labute approximate surface area is 177 Å². The molecule has 0 aliphatic heterocycles. The average molecular weight is 398 g/mol. The molecule has 0 saturated carbocycles. The number of hydrogen-bond acceptors (Lipinski definition) is 3. The summed E-state index contributed by atoms with van der Waals surface area (Å²) in [7, 11) is 0. The first kappa shape index (κ1) is 27.4. The second-order valence-corrected chi connectivity index (χ2v) is 8.48. The largest absolute Gasteiger partial charge is 0.466 e. The monoisotopic (exact) mass is 397 g/mol. The lowest BCUT2D eigenvalue weighted by Gasteiger charge is -2.22. The smallest absolute Gasteiger partial charge is 0.302 e. The molecule has 0 rings (SSSR count). The van der Waals surface area contributed by atoms with Gasteiger partial charge in [-0.3, -0.25) is 4.79 Å². The minimum atomic E-state index is -0.155. The number of carbonyl (C=O) groups excluding carboxylic acids is 1. The number of carbonyl (C=O) groups is 1. The van der Waals surface area contributed by atoms with E-state index in [1.165, 1.54) is 123 Å². The third-order valence-electron chi connectivity index (χ3n) is 5.58. The highest BCUT2D eigenvalue weighted by molar-refractivity contribution is 5.65. The van der Waals surface area contributed by atoms with Gasteiger partial charge >= 0.3 is 5.97 Å². The van der Waals surface area contributed by atoms with Crippen molar-refractivity contribution in [1.82, 2.24) is 4.90 Å². The maximum atomic E-state index is 10.9. The van der Waals surface area contributed by atoms with Crippen molar-refractivity contribution >= 4 is 5.97 Å². The zero-order valence-electron chi connectivity index (χ0n) is 19.6. The summed E-state index contributed by atoms with van der Waals surface area (Å²) < 4.78 is 5.11. The third-order valence-corrected chi connectivity index (χ3v) is 5.58. The van der Waals surface area contributed by atoms with Gasteiger partial charge in [0.15, 0.2) is 0 Å². The van der Waals surface area contributed by atoms with E-state index in [2.05, 4.69) is 18.7 Å². The Balaban J connectivity index is 3.80. The quantitative estimate of drug-likeness (QED) is 0.140. The number of ether oxygens (including phenoxy) is 1. The van der Waals surface area contributed by atoms with Gasteiger partial charge in [0.05, 0.1) is 6.61 Å². The Morgan fingerprint density at radius 1 is 0.571 bits per heavy atom. The molecule has 0 aliphatic rings. The molecule has 0 atom stereocenters. The Kier molecular flexibility index (Phi) is 22.3. The van der Waals surface area contributed by atoms with E-state index in [-0.39, 0.29) is 5.97 Å². The normalized spacial score (nSPS) is 11.3. The van der Waals surface area contributed by atoms with Crippen LogP contribution in [0.1, 0.15) is 130 Å². The maximum Gasteiger partial charge on any atom is 0.302 e. The van der Waals surface area contributed by atoms with Crippen LogP contribution in [-0.4, -0.2) is 37.1 Å². The zero-order chi connectivity index (χ0) is 20.7. The van der Waals surface area contributed by atoms with Gasteiger partial charge in [-0.15, -0.1) is 0 Å². The molecule has 0 N–H and O–H groups in total. The Bertz CT molecular complexity index is 300. The summed E-state index contributed by atoms with van der Waals surface area (Å²) in [6.45, 7) is 10.1. The van der Waals surface area contributed by atoms with Crippen LogP contribution in [0.3, 0.4) is 0 Å². The van der Waals surface area contributed by atoms with Crippen molar-refractivity contribution < 1.29 is 9.53 Å². The maximum absolute atomic E-state index is 10.9. The standard InChI is InChI=1S/C25H51NO2/c1-4-6-8-10-12-14-16-18-21-26(23-20-24-28-25(3)27)22-19-17-15-13-11-9-7-5-2/h4-24H2,1-3H3. The molecule has 0 aliphatic carbocycles. The van der Waals surface area contributed by atoms with Crippen LogP contribution in [-0.2, 0) is 9.53 Å². The number of hydrogen-bond donors (Lipinski definition) is 0. The summed E-state index contributed by atoms with van der Waals surface area (Å²) in [4.78, 5) is 13.5. The van der Waals surface area contributed by atoms with Gasteiger partial charge in [0.1, 0.15) is 0 Å². The highest BCUT2D eigenvalue weighted by Crippen LogP contribution is 2.11. The SMILES string of the molecule is CCCCCCCCCCN(CCCCCCCCCC)CCCOC(C)=O. The molecule has 0 radical (unpaired) electrons. The summed E-state index contributed by atoms with van der Waals surface area (Å²) >= 11 is 0. The molecule has 0 heterocycles. The summed E-state index contributed by atoms with van der Waals surface area (Å²) in [5.41, 5.74) is 0. The van der Waals surface area contributed by atoms with Crippen LogP contribution in [0.15, 0.2) is 0 Å². The van der Waals surface area contributed by atoms with Crippen LogP contribution in [0.25, 0.3) is 0 Å². The molecule has 28 heavy (non-hydrogen) atoms. The van der Waals surface area contributed by atoms with Gasteiger partial charge in [0.25, 0.3) is 0 Å². The zero-order valence-corrected chi connectivity index (χ0v) is 19.6. The molecule has 0 spiro atoms. The van der Waals surface area contributed by atoms with Crippen molar-refractivity contribution in [3.63, 3.8) is 0 Å². The van der Waals surface area contributed by atoms with E-state index >= 15 is 0 Å². The topological polar surface area (TPSA) is 29.5 Å². The van der Waals surface area contributed by atoms with Crippen LogP contribution in [0.2, 0.25) is 0 Å². The number of esters is 1. The fraction of sp³-hybridized carbons (Fsp3) is 0.960. The lowest BCUT2D eigenvalue weighted by Crippen LogP contribution is -2.28.